The predicted molar refractivity (Wildman–Crippen MR) is 100 cm³/mol. The van der Waals surface area contributed by atoms with Crippen molar-refractivity contribution in [2.45, 2.75) is 0 Å². The number of hydrogen-bond donors (Lipinski definition) is 1. The fourth-order valence-electron chi connectivity index (χ4n) is 2.24. The van der Waals surface area contributed by atoms with Gasteiger partial charge in [-0.25, -0.2) is 5.10 Å². The lowest BCUT2D eigenvalue weighted by Crippen LogP contribution is -1.96. The van der Waals surface area contributed by atoms with Crippen LogP contribution >= 0.6 is 23.8 Å². The van der Waals surface area contributed by atoms with Gasteiger partial charge in [-0.05, 0) is 36.5 Å². The minimum atomic E-state index is 0.362. The maximum atomic E-state index is 6.25. The number of hydrogen-bond acceptors (Lipinski definition) is 5. The Bertz CT molecular complexity index is 959. The van der Waals surface area contributed by atoms with E-state index < -0.39 is 0 Å². The molecule has 0 amide bonds. The van der Waals surface area contributed by atoms with E-state index in [9.17, 15) is 0 Å². The van der Waals surface area contributed by atoms with Crippen LogP contribution in [0, 0.1) is 4.77 Å². The SMILES string of the molecule is COc1cc(/C=N\n2c(-c3ccccc3Cl)n[nH]c2=S)cc(OC)c1. The first-order valence-corrected chi connectivity index (χ1v) is 8.10. The van der Waals surface area contributed by atoms with Gasteiger partial charge in [-0.3, -0.25) is 0 Å². The highest BCUT2D eigenvalue weighted by Crippen LogP contribution is 2.26. The highest BCUT2D eigenvalue weighted by atomic mass is 35.5. The summed E-state index contributed by atoms with van der Waals surface area (Å²) in [5, 5.41) is 12.0. The van der Waals surface area contributed by atoms with E-state index in [4.69, 9.17) is 33.3 Å². The number of methoxy groups -OCH3 is 2. The number of nitrogens with zero attached hydrogens (tertiary/aromatic N) is 3. The van der Waals surface area contributed by atoms with E-state index in [0.717, 1.165) is 11.1 Å². The van der Waals surface area contributed by atoms with Crippen LogP contribution in [0.4, 0.5) is 0 Å². The third kappa shape index (κ3) is 3.72. The fourth-order valence-corrected chi connectivity index (χ4v) is 2.64. The van der Waals surface area contributed by atoms with Crippen LogP contribution in [0.25, 0.3) is 11.4 Å². The molecule has 3 aromatic rings. The van der Waals surface area contributed by atoms with Crippen molar-refractivity contribution < 1.29 is 9.47 Å². The Morgan fingerprint density at radius 3 is 2.48 bits per heavy atom. The normalized spacial score (nSPS) is 11.0. The molecule has 0 aliphatic heterocycles. The van der Waals surface area contributed by atoms with Crippen LogP contribution in [0.15, 0.2) is 47.6 Å². The Morgan fingerprint density at radius 2 is 1.84 bits per heavy atom. The second-order valence-electron chi connectivity index (χ2n) is 5.03. The number of aromatic nitrogens is 3. The summed E-state index contributed by atoms with van der Waals surface area (Å²) in [6.45, 7) is 0. The minimum Gasteiger partial charge on any atom is -0.497 e. The maximum Gasteiger partial charge on any atom is 0.216 e. The van der Waals surface area contributed by atoms with Crippen molar-refractivity contribution in [3.05, 3.63) is 57.8 Å². The lowest BCUT2D eigenvalue weighted by molar-refractivity contribution is 0.394. The average Bonchev–Trinajstić information content (AvgIpc) is 3.00. The van der Waals surface area contributed by atoms with Gasteiger partial charge in [0.15, 0.2) is 5.82 Å². The molecule has 0 radical (unpaired) electrons. The molecule has 8 heteroatoms. The molecule has 128 valence electrons. The van der Waals surface area contributed by atoms with Crippen molar-refractivity contribution in [3.8, 4) is 22.9 Å². The largest absolute Gasteiger partial charge is 0.497 e. The third-order valence-electron chi connectivity index (χ3n) is 3.46. The van der Waals surface area contributed by atoms with E-state index in [0.29, 0.717) is 27.1 Å². The molecule has 0 unspecified atom stereocenters. The molecule has 0 bridgehead atoms. The topological polar surface area (TPSA) is 64.4 Å². The zero-order valence-electron chi connectivity index (χ0n) is 13.6. The second kappa shape index (κ2) is 7.50. The molecule has 1 N–H and O–H groups in total. The number of benzene rings is 2. The predicted octanol–water partition coefficient (Wildman–Crippen LogP) is 4.16. The fraction of sp³-hybridized carbons (Fsp3) is 0.118. The third-order valence-corrected chi connectivity index (χ3v) is 4.06. The number of nitrogens with one attached hydrogen (secondary N) is 1. The monoisotopic (exact) mass is 374 g/mol. The van der Waals surface area contributed by atoms with E-state index in [1.807, 2.05) is 30.3 Å². The summed E-state index contributed by atoms with van der Waals surface area (Å²) in [6.07, 6.45) is 1.65. The Morgan fingerprint density at radius 1 is 1.16 bits per heavy atom. The van der Waals surface area contributed by atoms with E-state index >= 15 is 0 Å². The zero-order valence-corrected chi connectivity index (χ0v) is 15.1. The van der Waals surface area contributed by atoms with E-state index in [2.05, 4.69) is 15.3 Å². The molecule has 25 heavy (non-hydrogen) atoms. The van der Waals surface area contributed by atoms with Gasteiger partial charge in [0.2, 0.25) is 4.77 Å². The molecule has 0 aliphatic rings. The minimum absolute atomic E-state index is 0.362. The molecule has 1 heterocycles. The molecule has 6 nitrogen and oxygen atoms in total. The maximum absolute atomic E-state index is 6.25. The van der Waals surface area contributed by atoms with Crippen LogP contribution in [0.3, 0.4) is 0 Å². The standard InChI is InChI=1S/C17H15ClN4O2S/c1-23-12-7-11(8-13(9-12)24-2)10-19-22-16(20-21-17(22)25)14-5-3-4-6-15(14)18/h3-10H,1-2H3,(H,21,25)/b19-10-. The summed E-state index contributed by atoms with van der Waals surface area (Å²) in [5.41, 5.74) is 1.53. The molecule has 0 fully saturated rings. The van der Waals surface area contributed by atoms with Crippen LogP contribution in [0.1, 0.15) is 5.56 Å². The molecule has 2 aromatic carbocycles. The first-order valence-electron chi connectivity index (χ1n) is 7.32. The van der Waals surface area contributed by atoms with E-state index in [1.54, 1.807) is 32.6 Å². The molecule has 1 aromatic heterocycles. The quantitative estimate of drug-likeness (QED) is 0.538. The number of rotatable bonds is 5. The van der Waals surface area contributed by atoms with Gasteiger partial charge in [0.25, 0.3) is 0 Å². The van der Waals surface area contributed by atoms with Gasteiger partial charge >= 0.3 is 0 Å². The Kier molecular flexibility index (Phi) is 5.16. The zero-order chi connectivity index (χ0) is 17.8. The molecule has 0 atom stereocenters. The van der Waals surface area contributed by atoms with Gasteiger partial charge in [-0.2, -0.15) is 14.9 Å². The summed E-state index contributed by atoms with van der Waals surface area (Å²) < 4.78 is 12.4. The molecule has 0 aliphatic carbocycles. The lowest BCUT2D eigenvalue weighted by Gasteiger charge is -2.06. The first-order chi connectivity index (χ1) is 12.1. The van der Waals surface area contributed by atoms with Gasteiger partial charge < -0.3 is 9.47 Å². The number of ether oxygens (including phenoxy) is 2. The van der Waals surface area contributed by atoms with E-state index in [1.165, 1.54) is 4.68 Å². The van der Waals surface area contributed by atoms with Crippen LogP contribution in [-0.2, 0) is 0 Å². The molecule has 3 rings (SSSR count). The van der Waals surface area contributed by atoms with Crippen LogP contribution < -0.4 is 9.47 Å². The first kappa shape index (κ1) is 17.2. The summed E-state index contributed by atoms with van der Waals surface area (Å²) >= 11 is 11.5. The second-order valence-corrected chi connectivity index (χ2v) is 5.83. The number of aromatic amines is 1. The van der Waals surface area contributed by atoms with Crippen molar-refractivity contribution in [2.75, 3.05) is 14.2 Å². The van der Waals surface area contributed by atoms with Gasteiger partial charge in [0.05, 0.1) is 25.5 Å². The number of H-pyrrole nitrogens is 1. The molecule has 0 saturated carbocycles. The lowest BCUT2D eigenvalue weighted by atomic mass is 10.2. The van der Waals surface area contributed by atoms with Crippen molar-refractivity contribution in [2.24, 2.45) is 5.10 Å². The molecular weight excluding hydrogens is 360 g/mol. The number of halogens is 1. The summed E-state index contributed by atoms with van der Waals surface area (Å²) in [7, 11) is 3.19. The Hall–Kier alpha value is -2.64. The summed E-state index contributed by atoms with van der Waals surface area (Å²) in [6, 6.07) is 12.8. The van der Waals surface area contributed by atoms with Crippen molar-refractivity contribution in [1.29, 1.82) is 0 Å². The highest BCUT2D eigenvalue weighted by Gasteiger charge is 2.11. The molecular formula is C17H15ClN4O2S. The van der Waals surface area contributed by atoms with Crippen LogP contribution in [-0.4, -0.2) is 35.3 Å². The Labute approximate surface area is 154 Å². The molecule has 0 saturated heterocycles. The van der Waals surface area contributed by atoms with E-state index in [-0.39, 0.29) is 0 Å². The molecule has 0 spiro atoms. The summed E-state index contributed by atoms with van der Waals surface area (Å²) in [5.74, 6) is 1.87. The average molecular weight is 375 g/mol. The van der Waals surface area contributed by atoms with Gasteiger partial charge in [0, 0.05) is 17.2 Å². The summed E-state index contributed by atoms with van der Waals surface area (Å²) in [4.78, 5) is 0. The van der Waals surface area contributed by atoms with Gasteiger partial charge in [-0.1, -0.05) is 23.7 Å². The smallest absolute Gasteiger partial charge is 0.216 e. The van der Waals surface area contributed by atoms with Crippen LogP contribution in [0.5, 0.6) is 11.5 Å². The van der Waals surface area contributed by atoms with Gasteiger partial charge in [0.1, 0.15) is 11.5 Å². The van der Waals surface area contributed by atoms with Crippen molar-refractivity contribution >= 4 is 30.0 Å². The van der Waals surface area contributed by atoms with Crippen molar-refractivity contribution in [3.63, 3.8) is 0 Å². The Balaban J connectivity index is 2.02. The highest BCUT2D eigenvalue weighted by molar-refractivity contribution is 7.71. The van der Waals surface area contributed by atoms with Crippen molar-refractivity contribution in [1.82, 2.24) is 14.9 Å². The van der Waals surface area contributed by atoms with Crippen LogP contribution in [0.2, 0.25) is 5.02 Å². The van der Waals surface area contributed by atoms with Gasteiger partial charge in [-0.15, -0.1) is 0 Å².